The third-order valence-electron chi connectivity index (χ3n) is 4.54. The molecule has 0 fully saturated rings. The number of carbonyl (C=O) groups is 1. The van der Waals surface area contributed by atoms with Gasteiger partial charge in [0.25, 0.3) is 5.91 Å². The van der Waals surface area contributed by atoms with Crippen LogP contribution in [0.15, 0.2) is 66.9 Å². The Morgan fingerprint density at radius 2 is 1.86 bits per heavy atom. The van der Waals surface area contributed by atoms with Gasteiger partial charge in [-0.1, -0.05) is 42.5 Å². The minimum absolute atomic E-state index is 0.0148. The summed E-state index contributed by atoms with van der Waals surface area (Å²) in [6, 6.07) is 18.9. The van der Waals surface area contributed by atoms with Gasteiger partial charge >= 0.3 is 0 Å². The smallest absolute Gasteiger partial charge is 0.271 e. The summed E-state index contributed by atoms with van der Waals surface area (Å²) in [6.07, 6.45) is 1.74. The summed E-state index contributed by atoms with van der Waals surface area (Å²) in [7, 11) is 1.54. The molecule has 29 heavy (non-hydrogen) atoms. The molecule has 7 heteroatoms. The number of nitrogen functional groups attached to an aromatic ring is 1. The number of benzene rings is 2. The molecular weight excluding hydrogens is 366 g/mol. The van der Waals surface area contributed by atoms with Crippen molar-refractivity contribution in [3.8, 4) is 17.0 Å². The number of methoxy groups -OCH3 is 1. The molecule has 0 bridgehead atoms. The number of ether oxygens (including phenoxy) is 1. The van der Waals surface area contributed by atoms with Gasteiger partial charge in [0.2, 0.25) is 5.95 Å². The van der Waals surface area contributed by atoms with Crippen LogP contribution < -0.4 is 15.8 Å². The number of pyridine rings is 1. The van der Waals surface area contributed by atoms with E-state index in [1.807, 2.05) is 42.5 Å². The molecular formula is C22H19N5O2. The zero-order valence-corrected chi connectivity index (χ0v) is 15.8. The number of para-hydroxylation sites is 1. The molecule has 0 atom stereocenters. The van der Waals surface area contributed by atoms with Gasteiger partial charge in [0.1, 0.15) is 17.0 Å². The van der Waals surface area contributed by atoms with E-state index in [0.29, 0.717) is 23.2 Å². The monoisotopic (exact) mass is 385 g/mol. The fourth-order valence-corrected chi connectivity index (χ4v) is 3.19. The molecule has 2 aromatic heterocycles. The molecule has 0 saturated heterocycles. The van der Waals surface area contributed by atoms with Crippen LogP contribution in [0.4, 0.5) is 5.95 Å². The summed E-state index contributed by atoms with van der Waals surface area (Å²) in [5.41, 5.74) is 9.29. The summed E-state index contributed by atoms with van der Waals surface area (Å²) in [4.78, 5) is 25.7. The average molecular weight is 385 g/mol. The van der Waals surface area contributed by atoms with E-state index in [4.69, 9.17) is 10.5 Å². The van der Waals surface area contributed by atoms with Crippen LogP contribution >= 0.6 is 0 Å². The molecule has 7 nitrogen and oxygen atoms in total. The first-order valence-corrected chi connectivity index (χ1v) is 9.05. The summed E-state index contributed by atoms with van der Waals surface area (Å²) in [5.74, 6) is 0.209. The van der Waals surface area contributed by atoms with Crippen LogP contribution in [0.25, 0.3) is 22.2 Å². The van der Waals surface area contributed by atoms with Crippen LogP contribution in [0.1, 0.15) is 16.1 Å². The highest BCUT2D eigenvalue weighted by Crippen LogP contribution is 2.26. The molecule has 3 N–H and O–H groups in total. The molecule has 4 rings (SSSR count). The first-order chi connectivity index (χ1) is 14.2. The lowest BCUT2D eigenvalue weighted by Crippen LogP contribution is -2.25. The normalized spacial score (nSPS) is 10.7. The van der Waals surface area contributed by atoms with Crippen molar-refractivity contribution in [3.63, 3.8) is 0 Å². The quantitative estimate of drug-likeness (QED) is 0.547. The standard InChI is InChI=1S/C22H19N5O2/c1-29-18-11-6-9-16-19(18)26-22(23)27-20(16)21(28)25-13-14-7-2-3-8-15(14)17-10-4-5-12-24-17/h2-12H,13H2,1H3,(H,25,28)(H2,23,26,27). The predicted octanol–water partition coefficient (Wildman–Crippen LogP) is 3.21. The summed E-state index contributed by atoms with van der Waals surface area (Å²) in [6.45, 7) is 0.320. The first kappa shape index (κ1) is 18.4. The lowest BCUT2D eigenvalue weighted by Gasteiger charge is -2.12. The van der Waals surface area contributed by atoms with Crippen LogP contribution in [0, 0.1) is 0 Å². The molecule has 0 saturated carbocycles. The molecule has 144 valence electrons. The predicted molar refractivity (Wildman–Crippen MR) is 111 cm³/mol. The topological polar surface area (TPSA) is 103 Å². The number of anilines is 1. The van der Waals surface area contributed by atoms with Gasteiger partial charge in [-0.15, -0.1) is 0 Å². The van der Waals surface area contributed by atoms with Gasteiger partial charge in [-0.2, -0.15) is 0 Å². The molecule has 2 aromatic carbocycles. The van der Waals surface area contributed by atoms with Crippen molar-refractivity contribution in [2.45, 2.75) is 6.54 Å². The molecule has 0 aliphatic rings. The fourth-order valence-electron chi connectivity index (χ4n) is 3.19. The van der Waals surface area contributed by atoms with Gasteiger partial charge in [0.05, 0.1) is 12.8 Å². The molecule has 0 aliphatic heterocycles. The highest BCUT2D eigenvalue weighted by atomic mass is 16.5. The van der Waals surface area contributed by atoms with Crippen LogP contribution in [-0.4, -0.2) is 28.0 Å². The SMILES string of the molecule is COc1cccc2c(C(=O)NCc3ccccc3-c3ccccn3)nc(N)nc12. The Morgan fingerprint density at radius 1 is 1.03 bits per heavy atom. The number of amides is 1. The number of carbonyl (C=O) groups excluding carboxylic acids is 1. The van der Waals surface area contributed by atoms with Gasteiger partial charge in [0, 0.05) is 23.7 Å². The Labute approximate surface area is 167 Å². The highest BCUT2D eigenvalue weighted by molar-refractivity contribution is 6.06. The number of aromatic nitrogens is 3. The zero-order chi connectivity index (χ0) is 20.2. The molecule has 0 unspecified atom stereocenters. The van der Waals surface area contributed by atoms with Gasteiger partial charge in [-0.3, -0.25) is 9.78 Å². The second kappa shape index (κ2) is 7.93. The number of fused-ring (bicyclic) bond motifs is 1. The molecule has 4 aromatic rings. The van der Waals surface area contributed by atoms with Gasteiger partial charge in [-0.05, 0) is 23.8 Å². The number of hydrogen-bond acceptors (Lipinski definition) is 6. The van der Waals surface area contributed by atoms with Crippen molar-refractivity contribution in [1.29, 1.82) is 0 Å². The van der Waals surface area contributed by atoms with Crippen LogP contribution in [0.2, 0.25) is 0 Å². The fraction of sp³-hybridized carbons (Fsp3) is 0.0909. The maximum absolute atomic E-state index is 12.9. The van der Waals surface area contributed by atoms with Crippen molar-refractivity contribution in [1.82, 2.24) is 20.3 Å². The minimum atomic E-state index is -0.340. The van der Waals surface area contributed by atoms with E-state index in [1.165, 1.54) is 0 Å². The number of rotatable bonds is 5. The highest BCUT2D eigenvalue weighted by Gasteiger charge is 2.17. The summed E-state index contributed by atoms with van der Waals surface area (Å²) < 4.78 is 5.33. The van der Waals surface area contributed by atoms with E-state index in [2.05, 4.69) is 20.3 Å². The molecule has 0 aliphatic carbocycles. The van der Waals surface area contributed by atoms with Crippen molar-refractivity contribution < 1.29 is 9.53 Å². The van der Waals surface area contributed by atoms with E-state index in [0.717, 1.165) is 16.8 Å². The number of nitrogens with two attached hydrogens (primary N) is 1. The Bertz CT molecular complexity index is 1180. The van der Waals surface area contributed by atoms with Gasteiger partial charge < -0.3 is 15.8 Å². The van der Waals surface area contributed by atoms with Gasteiger partial charge in [-0.25, -0.2) is 9.97 Å². The Hall–Kier alpha value is -4.00. The largest absolute Gasteiger partial charge is 0.494 e. The second-order valence-corrected chi connectivity index (χ2v) is 6.34. The maximum Gasteiger partial charge on any atom is 0.271 e. The van der Waals surface area contributed by atoms with E-state index in [9.17, 15) is 4.79 Å². The van der Waals surface area contributed by atoms with E-state index >= 15 is 0 Å². The number of hydrogen-bond donors (Lipinski definition) is 2. The number of nitrogens with one attached hydrogen (secondary N) is 1. The van der Waals surface area contributed by atoms with E-state index in [1.54, 1.807) is 31.5 Å². The van der Waals surface area contributed by atoms with E-state index < -0.39 is 0 Å². The van der Waals surface area contributed by atoms with Crippen molar-refractivity contribution in [2.75, 3.05) is 12.8 Å². The molecule has 1 amide bonds. The van der Waals surface area contributed by atoms with E-state index in [-0.39, 0.29) is 17.5 Å². The maximum atomic E-state index is 12.9. The zero-order valence-electron chi connectivity index (χ0n) is 15.8. The first-order valence-electron chi connectivity index (χ1n) is 9.05. The average Bonchev–Trinajstić information content (AvgIpc) is 2.77. The third-order valence-corrected chi connectivity index (χ3v) is 4.54. The second-order valence-electron chi connectivity index (χ2n) is 6.34. The molecule has 2 heterocycles. The Kier molecular flexibility index (Phi) is 5.03. The third kappa shape index (κ3) is 3.70. The molecule has 0 radical (unpaired) electrons. The van der Waals surface area contributed by atoms with Crippen LogP contribution in [0.3, 0.4) is 0 Å². The number of nitrogens with zero attached hydrogens (tertiary/aromatic N) is 3. The summed E-state index contributed by atoms with van der Waals surface area (Å²) in [5, 5.41) is 3.51. The Morgan fingerprint density at radius 3 is 2.66 bits per heavy atom. The lowest BCUT2D eigenvalue weighted by molar-refractivity contribution is 0.0948. The van der Waals surface area contributed by atoms with Crippen LogP contribution in [0.5, 0.6) is 5.75 Å². The van der Waals surface area contributed by atoms with Gasteiger partial charge in [0.15, 0.2) is 0 Å². The lowest BCUT2D eigenvalue weighted by atomic mass is 10.0. The summed E-state index contributed by atoms with van der Waals surface area (Å²) >= 11 is 0. The Balaban J connectivity index is 1.64. The van der Waals surface area contributed by atoms with Crippen molar-refractivity contribution >= 4 is 22.8 Å². The van der Waals surface area contributed by atoms with Crippen molar-refractivity contribution in [3.05, 3.63) is 78.1 Å². The van der Waals surface area contributed by atoms with Crippen molar-refractivity contribution in [2.24, 2.45) is 0 Å². The minimum Gasteiger partial charge on any atom is -0.494 e. The molecule has 0 spiro atoms. The van der Waals surface area contributed by atoms with Crippen LogP contribution in [-0.2, 0) is 6.54 Å².